The van der Waals surface area contributed by atoms with Gasteiger partial charge in [-0.2, -0.15) is 0 Å². The van der Waals surface area contributed by atoms with Crippen LogP contribution in [0.4, 0.5) is 0 Å². The number of unbranched alkanes of at least 4 members (excludes halogenated alkanes) is 31. The van der Waals surface area contributed by atoms with E-state index in [0.29, 0.717) is 11.8 Å². The Morgan fingerprint density at radius 1 is 0.379 bits per heavy atom. The smallest absolute Gasteiger partial charge is 0.306 e. The quantitative estimate of drug-likeness (QED) is 0.0346. The zero-order valence-electron chi connectivity index (χ0n) is 40.8. The number of carbonyl (C=O) groups is 1. The van der Waals surface area contributed by atoms with E-state index in [0.717, 1.165) is 30.6 Å². The number of rotatable bonds is 49. The van der Waals surface area contributed by atoms with Crippen molar-refractivity contribution in [2.45, 2.75) is 323 Å². The fourth-order valence-electron chi connectivity index (χ4n) is 9.27. The van der Waals surface area contributed by atoms with Crippen LogP contribution in [-0.2, 0) is 9.53 Å². The highest BCUT2D eigenvalue weighted by Gasteiger charge is 2.17. The summed E-state index contributed by atoms with van der Waals surface area (Å²) >= 11 is 3.44. The summed E-state index contributed by atoms with van der Waals surface area (Å²) in [5.74, 6) is 2.40. The van der Waals surface area contributed by atoms with Crippen molar-refractivity contribution in [3.05, 3.63) is 0 Å². The van der Waals surface area contributed by atoms with Gasteiger partial charge in [0.25, 0.3) is 0 Å². The molecule has 348 valence electrons. The van der Waals surface area contributed by atoms with Gasteiger partial charge in [-0.25, -0.2) is 0 Å². The molecule has 0 aromatic heterocycles. The summed E-state index contributed by atoms with van der Waals surface area (Å²) in [4.78, 5) is 12.5. The lowest BCUT2D eigenvalue weighted by Crippen LogP contribution is -2.19. The Labute approximate surface area is 376 Å². The highest BCUT2D eigenvalue weighted by Crippen LogP contribution is 2.27. The summed E-state index contributed by atoms with van der Waals surface area (Å²) < 4.78 is 6.05. The molecule has 2 atom stereocenters. The SMILES string of the molecule is CCCCCCCCCCCCCCCCCCC(CCCCCCCCCCCCCCCCCC)CCCCC(CCC(C)CCCC(C)C)OC(=O)CCBr. The van der Waals surface area contributed by atoms with Gasteiger partial charge >= 0.3 is 5.97 Å². The lowest BCUT2D eigenvalue weighted by molar-refractivity contribution is -0.149. The average molecular weight is 882 g/mol. The van der Waals surface area contributed by atoms with Crippen molar-refractivity contribution in [3.8, 4) is 0 Å². The van der Waals surface area contributed by atoms with Crippen LogP contribution in [0, 0.1) is 17.8 Å². The summed E-state index contributed by atoms with van der Waals surface area (Å²) in [5, 5.41) is 0.699. The molecule has 0 amide bonds. The van der Waals surface area contributed by atoms with E-state index in [1.807, 2.05) is 0 Å². The predicted molar refractivity (Wildman–Crippen MR) is 266 cm³/mol. The number of alkyl halides is 1. The van der Waals surface area contributed by atoms with Crippen molar-refractivity contribution in [1.82, 2.24) is 0 Å². The van der Waals surface area contributed by atoms with Crippen molar-refractivity contribution >= 4 is 21.9 Å². The maximum absolute atomic E-state index is 12.5. The largest absolute Gasteiger partial charge is 0.462 e. The molecule has 2 unspecified atom stereocenters. The number of hydrogen-bond acceptors (Lipinski definition) is 2. The van der Waals surface area contributed by atoms with Crippen molar-refractivity contribution in [2.24, 2.45) is 17.8 Å². The Morgan fingerprint density at radius 2 is 0.707 bits per heavy atom. The predicted octanol–water partition coefficient (Wildman–Crippen LogP) is 20.4. The van der Waals surface area contributed by atoms with Crippen LogP contribution in [0.5, 0.6) is 0 Å². The monoisotopic (exact) mass is 881 g/mol. The number of carbonyl (C=O) groups excluding carboxylic acids is 1. The molecule has 0 aromatic carbocycles. The third-order valence-corrected chi connectivity index (χ3v) is 13.8. The van der Waals surface area contributed by atoms with E-state index in [2.05, 4.69) is 50.5 Å². The topological polar surface area (TPSA) is 26.3 Å². The van der Waals surface area contributed by atoms with Gasteiger partial charge in [-0.05, 0) is 43.4 Å². The van der Waals surface area contributed by atoms with Crippen LogP contribution in [0.15, 0.2) is 0 Å². The molecular weight excluding hydrogens is 773 g/mol. The lowest BCUT2D eigenvalue weighted by atomic mass is 9.89. The molecule has 0 heterocycles. The van der Waals surface area contributed by atoms with Gasteiger partial charge in [0, 0.05) is 5.33 Å². The van der Waals surface area contributed by atoms with Crippen LogP contribution in [0.25, 0.3) is 0 Å². The van der Waals surface area contributed by atoms with Crippen molar-refractivity contribution in [1.29, 1.82) is 0 Å². The van der Waals surface area contributed by atoms with E-state index in [9.17, 15) is 4.79 Å². The lowest BCUT2D eigenvalue weighted by Gasteiger charge is -2.21. The molecule has 0 aliphatic heterocycles. The third-order valence-electron chi connectivity index (χ3n) is 13.4. The molecule has 58 heavy (non-hydrogen) atoms. The Kier molecular flexibility index (Phi) is 47.9. The third kappa shape index (κ3) is 45.5. The van der Waals surface area contributed by atoms with Crippen LogP contribution in [-0.4, -0.2) is 17.4 Å². The van der Waals surface area contributed by atoms with Crippen LogP contribution in [0.1, 0.15) is 317 Å². The fourth-order valence-corrected chi connectivity index (χ4v) is 9.60. The van der Waals surface area contributed by atoms with Gasteiger partial charge in [-0.15, -0.1) is 0 Å². The Morgan fingerprint density at radius 3 is 1.05 bits per heavy atom. The maximum atomic E-state index is 12.5. The minimum absolute atomic E-state index is 0.0146. The molecule has 0 aliphatic carbocycles. The molecule has 0 saturated heterocycles. The second-order valence-electron chi connectivity index (χ2n) is 19.9. The standard InChI is InChI=1S/C55H109BrO2/c1-6-8-10-12-14-16-18-20-22-24-26-28-30-32-34-36-43-53(44-37-35-33-31-29-27-25-23-21-19-17-15-13-11-9-7-2)45-38-39-46-54(58-55(57)49-50-56)48-47-52(5)42-40-41-51(3)4/h51-54H,6-50H2,1-5H3. The molecule has 0 radical (unpaired) electrons. The van der Waals surface area contributed by atoms with E-state index < -0.39 is 0 Å². The molecule has 0 bridgehead atoms. The Hall–Kier alpha value is -0.0500. The summed E-state index contributed by atoms with van der Waals surface area (Å²) in [6.07, 6.45) is 61.0. The van der Waals surface area contributed by atoms with Crippen LogP contribution >= 0.6 is 15.9 Å². The number of halogens is 1. The molecule has 2 nitrogen and oxygen atoms in total. The number of ether oxygens (including phenoxy) is 1. The molecule has 0 aliphatic rings. The highest BCUT2D eigenvalue weighted by atomic mass is 79.9. The van der Waals surface area contributed by atoms with E-state index in [1.165, 1.54) is 263 Å². The van der Waals surface area contributed by atoms with Crippen molar-refractivity contribution in [3.63, 3.8) is 0 Å². The maximum Gasteiger partial charge on any atom is 0.306 e. The molecular formula is C55H109BrO2. The molecule has 0 spiro atoms. The van der Waals surface area contributed by atoms with E-state index in [-0.39, 0.29) is 12.1 Å². The minimum atomic E-state index is -0.0146. The van der Waals surface area contributed by atoms with Gasteiger partial charge in [0.05, 0.1) is 6.42 Å². The summed E-state index contributed by atoms with van der Waals surface area (Å²) in [6, 6.07) is 0. The van der Waals surface area contributed by atoms with Crippen LogP contribution in [0.2, 0.25) is 0 Å². The first-order valence-electron chi connectivity index (χ1n) is 27.2. The van der Waals surface area contributed by atoms with Gasteiger partial charge in [0.15, 0.2) is 0 Å². The van der Waals surface area contributed by atoms with Crippen molar-refractivity contribution in [2.75, 3.05) is 5.33 Å². The van der Waals surface area contributed by atoms with Gasteiger partial charge in [-0.1, -0.05) is 301 Å². The van der Waals surface area contributed by atoms with Gasteiger partial charge in [0.1, 0.15) is 6.10 Å². The molecule has 0 rings (SSSR count). The molecule has 3 heteroatoms. The Bertz CT molecular complexity index is 746. The van der Waals surface area contributed by atoms with Gasteiger partial charge < -0.3 is 4.74 Å². The molecule has 0 saturated carbocycles. The van der Waals surface area contributed by atoms with Crippen molar-refractivity contribution < 1.29 is 9.53 Å². The first kappa shape index (κ1) is 58.0. The summed E-state index contributed by atoms with van der Waals surface area (Å²) in [5.41, 5.74) is 0. The summed E-state index contributed by atoms with van der Waals surface area (Å²) in [6.45, 7) is 11.7. The van der Waals surface area contributed by atoms with Crippen LogP contribution in [0.3, 0.4) is 0 Å². The zero-order valence-corrected chi connectivity index (χ0v) is 42.4. The first-order chi connectivity index (χ1) is 28.4. The van der Waals surface area contributed by atoms with E-state index in [4.69, 9.17) is 4.74 Å². The molecule has 0 aromatic rings. The van der Waals surface area contributed by atoms with E-state index >= 15 is 0 Å². The van der Waals surface area contributed by atoms with E-state index in [1.54, 1.807) is 0 Å². The van der Waals surface area contributed by atoms with Gasteiger partial charge in [0.2, 0.25) is 0 Å². The Balaban J connectivity index is 4.47. The minimum Gasteiger partial charge on any atom is -0.462 e. The fraction of sp³-hybridized carbons (Fsp3) is 0.982. The first-order valence-corrected chi connectivity index (χ1v) is 28.3. The number of esters is 1. The summed E-state index contributed by atoms with van der Waals surface area (Å²) in [7, 11) is 0. The zero-order chi connectivity index (χ0) is 42.4. The normalized spacial score (nSPS) is 12.9. The highest BCUT2D eigenvalue weighted by molar-refractivity contribution is 9.09. The average Bonchev–Trinajstić information content (AvgIpc) is 3.20. The second-order valence-corrected chi connectivity index (χ2v) is 20.7. The molecule has 0 N–H and O–H groups in total. The van der Waals surface area contributed by atoms with Gasteiger partial charge in [-0.3, -0.25) is 4.79 Å². The second kappa shape index (κ2) is 48.0. The molecule has 0 fully saturated rings. The van der Waals surface area contributed by atoms with Crippen LogP contribution < -0.4 is 0 Å². The number of hydrogen-bond donors (Lipinski definition) is 0.